The van der Waals surface area contributed by atoms with Gasteiger partial charge in [0, 0.05) is 57.1 Å². The molecule has 2 aromatic rings. The van der Waals surface area contributed by atoms with Gasteiger partial charge in [0.05, 0.1) is 30.9 Å². The minimum atomic E-state index is -0.473. The van der Waals surface area contributed by atoms with Crippen molar-refractivity contribution >= 4 is 23.4 Å². The first kappa shape index (κ1) is 22.6. The van der Waals surface area contributed by atoms with Crippen LogP contribution >= 0.6 is 0 Å². The summed E-state index contributed by atoms with van der Waals surface area (Å²) in [6.07, 6.45) is 4.34. The molecule has 35 heavy (non-hydrogen) atoms. The molecule has 1 spiro atoms. The van der Waals surface area contributed by atoms with Crippen LogP contribution in [0.15, 0.2) is 24.4 Å². The zero-order valence-corrected chi connectivity index (χ0v) is 19.9. The Hall–Kier alpha value is -2.82. The summed E-state index contributed by atoms with van der Waals surface area (Å²) in [5.74, 6) is 1.08. The summed E-state index contributed by atoms with van der Waals surface area (Å²) in [6.45, 7) is 6.79. The molecule has 6 rings (SSSR count). The third kappa shape index (κ3) is 4.23. The van der Waals surface area contributed by atoms with Crippen LogP contribution in [0.3, 0.4) is 0 Å². The van der Waals surface area contributed by atoms with Crippen LogP contribution in [-0.4, -0.2) is 79.3 Å². The van der Waals surface area contributed by atoms with E-state index >= 15 is 0 Å². The number of hydrogen-bond acceptors (Lipinski definition) is 8. The number of benzene rings is 1. The maximum Gasteiger partial charge on any atom is 0.238 e. The first-order valence-electron chi connectivity index (χ1n) is 12.6. The van der Waals surface area contributed by atoms with Crippen molar-refractivity contribution in [1.82, 2.24) is 14.9 Å². The summed E-state index contributed by atoms with van der Waals surface area (Å²) in [6, 6.07) is 4.83. The third-order valence-corrected chi connectivity index (χ3v) is 7.68. The zero-order chi connectivity index (χ0) is 24.0. The number of nitrogens with zero attached hydrogens (tertiary/aromatic N) is 5. The molecule has 1 aromatic heterocycles. The second-order valence-corrected chi connectivity index (χ2v) is 10.1. The van der Waals surface area contributed by atoms with Crippen molar-refractivity contribution < 1.29 is 13.9 Å². The Bertz CT molecular complexity index is 1120. The maximum atomic E-state index is 14.1. The van der Waals surface area contributed by atoms with E-state index in [4.69, 9.17) is 15.5 Å². The van der Waals surface area contributed by atoms with Crippen molar-refractivity contribution in [2.45, 2.75) is 37.3 Å². The van der Waals surface area contributed by atoms with Crippen LogP contribution in [-0.2, 0) is 21.5 Å². The summed E-state index contributed by atoms with van der Waals surface area (Å²) in [4.78, 5) is 29.1. The van der Waals surface area contributed by atoms with E-state index in [1.54, 1.807) is 17.2 Å². The quantitative estimate of drug-likeness (QED) is 0.614. The molecule has 1 atom stereocenters. The monoisotopic (exact) mass is 481 g/mol. The van der Waals surface area contributed by atoms with E-state index in [-0.39, 0.29) is 17.8 Å². The fraction of sp³-hybridized carbons (Fsp3) is 0.560. The first-order chi connectivity index (χ1) is 17.0. The number of hydrogen-bond donors (Lipinski definition) is 2. The molecular weight excluding hydrogens is 449 g/mol. The highest BCUT2D eigenvalue weighted by atomic mass is 19.1. The molecule has 1 unspecified atom stereocenters. The standard InChI is InChI=1S/C25H32FN7O2/c26-18-1-2-20-21(13-18)33(23(34)25(20)4-5-25)15-17-14-29-24(32-7-3-19(27)16-32)30-22(17)28-6-8-31-9-11-35-12-10-31/h1-2,13-14,19H,3-12,15-16,27H2,(H,28,29,30). The van der Waals surface area contributed by atoms with Crippen molar-refractivity contribution in [3.05, 3.63) is 41.3 Å². The van der Waals surface area contributed by atoms with Gasteiger partial charge in [-0.25, -0.2) is 9.37 Å². The molecule has 4 aliphatic rings. The van der Waals surface area contributed by atoms with Crippen LogP contribution in [0.1, 0.15) is 30.4 Å². The molecule has 2 saturated heterocycles. The number of rotatable bonds is 7. The second-order valence-electron chi connectivity index (χ2n) is 10.1. The van der Waals surface area contributed by atoms with Crippen LogP contribution in [0.2, 0.25) is 0 Å². The van der Waals surface area contributed by atoms with Gasteiger partial charge < -0.3 is 25.6 Å². The number of ether oxygens (including phenoxy) is 1. The van der Waals surface area contributed by atoms with Gasteiger partial charge in [0.25, 0.3) is 0 Å². The number of halogens is 1. The van der Waals surface area contributed by atoms with Gasteiger partial charge in [0.1, 0.15) is 11.6 Å². The molecule has 1 amide bonds. The lowest BCUT2D eigenvalue weighted by Crippen LogP contribution is -2.39. The van der Waals surface area contributed by atoms with Crippen LogP contribution < -0.4 is 20.9 Å². The summed E-state index contributed by atoms with van der Waals surface area (Å²) in [5, 5.41) is 3.49. The number of aromatic nitrogens is 2. The first-order valence-corrected chi connectivity index (χ1v) is 12.6. The van der Waals surface area contributed by atoms with Crippen molar-refractivity contribution in [1.29, 1.82) is 0 Å². The maximum absolute atomic E-state index is 14.1. The topological polar surface area (TPSA) is 99.8 Å². The highest BCUT2D eigenvalue weighted by molar-refractivity contribution is 6.10. The third-order valence-electron chi connectivity index (χ3n) is 7.68. The van der Waals surface area contributed by atoms with Crippen LogP contribution in [0.25, 0.3) is 0 Å². The average Bonchev–Trinajstić information content (AvgIpc) is 3.51. The van der Waals surface area contributed by atoms with Crippen LogP contribution in [0.4, 0.5) is 21.8 Å². The zero-order valence-electron chi connectivity index (χ0n) is 19.9. The summed E-state index contributed by atoms with van der Waals surface area (Å²) >= 11 is 0. The van der Waals surface area contributed by atoms with Crippen LogP contribution in [0.5, 0.6) is 0 Å². The highest BCUT2D eigenvalue weighted by Crippen LogP contribution is 2.57. The Morgan fingerprint density at radius 1 is 1.23 bits per heavy atom. The number of carbonyl (C=O) groups is 1. The Morgan fingerprint density at radius 2 is 2.06 bits per heavy atom. The van der Waals surface area contributed by atoms with Crippen molar-refractivity contribution in [2.75, 3.05) is 67.6 Å². The molecule has 0 radical (unpaired) electrons. The SMILES string of the molecule is NC1CCN(c2ncc(CN3C(=O)C4(CC4)c4ccc(F)cc43)c(NCCN3CCOCC3)n2)C1. The number of nitrogens with two attached hydrogens (primary N) is 1. The van der Waals surface area contributed by atoms with Gasteiger partial charge in [-0.2, -0.15) is 4.98 Å². The Kier molecular flexibility index (Phi) is 5.82. The van der Waals surface area contributed by atoms with E-state index in [1.807, 2.05) is 0 Å². The Balaban J connectivity index is 1.26. The Labute approximate surface area is 204 Å². The number of fused-ring (bicyclic) bond motifs is 2. The van der Waals surface area contributed by atoms with Gasteiger partial charge in [0.15, 0.2) is 0 Å². The molecule has 9 nitrogen and oxygen atoms in total. The van der Waals surface area contributed by atoms with Gasteiger partial charge >= 0.3 is 0 Å². The molecule has 0 bridgehead atoms. The van der Waals surface area contributed by atoms with Gasteiger partial charge in [-0.1, -0.05) is 6.07 Å². The van der Waals surface area contributed by atoms with E-state index in [2.05, 4.69) is 20.1 Å². The van der Waals surface area contributed by atoms with Gasteiger partial charge in [-0.05, 0) is 37.0 Å². The van der Waals surface area contributed by atoms with Crippen molar-refractivity contribution in [3.8, 4) is 0 Å². The fourth-order valence-electron chi connectivity index (χ4n) is 5.50. The van der Waals surface area contributed by atoms with E-state index in [0.717, 1.165) is 76.3 Å². The normalized spacial score (nSPS) is 23.3. The number of morpholine rings is 1. The van der Waals surface area contributed by atoms with Gasteiger partial charge in [-0.3, -0.25) is 9.69 Å². The lowest BCUT2D eigenvalue weighted by molar-refractivity contribution is -0.120. The molecule has 3 fully saturated rings. The predicted molar refractivity (Wildman–Crippen MR) is 131 cm³/mol. The molecule has 1 aliphatic carbocycles. The Morgan fingerprint density at radius 3 is 2.80 bits per heavy atom. The number of anilines is 3. The molecule has 3 aliphatic heterocycles. The van der Waals surface area contributed by atoms with Crippen LogP contribution in [0, 0.1) is 5.82 Å². The minimum Gasteiger partial charge on any atom is -0.379 e. The summed E-state index contributed by atoms with van der Waals surface area (Å²) in [7, 11) is 0. The molecule has 186 valence electrons. The summed E-state index contributed by atoms with van der Waals surface area (Å²) in [5.41, 5.74) is 8.06. The van der Waals surface area contributed by atoms with Crippen molar-refractivity contribution in [2.24, 2.45) is 5.73 Å². The van der Waals surface area contributed by atoms with Crippen molar-refractivity contribution in [3.63, 3.8) is 0 Å². The minimum absolute atomic E-state index is 0.0481. The predicted octanol–water partition coefficient (Wildman–Crippen LogP) is 1.48. The summed E-state index contributed by atoms with van der Waals surface area (Å²) < 4.78 is 19.6. The highest BCUT2D eigenvalue weighted by Gasteiger charge is 2.59. The van der Waals surface area contributed by atoms with E-state index in [0.29, 0.717) is 30.5 Å². The largest absolute Gasteiger partial charge is 0.379 e. The van der Waals surface area contributed by atoms with E-state index in [9.17, 15) is 9.18 Å². The molecule has 1 saturated carbocycles. The average molecular weight is 482 g/mol. The number of amides is 1. The molecule has 3 N–H and O–H groups in total. The number of nitrogens with one attached hydrogen (secondary N) is 1. The molecule has 10 heteroatoms. The van der Waals surface area contributed by atoms with Gasteiger partial charge in [-0.15, -0.1) is 0 Å². The number of carbonyl (C=O) groups excluding carboxylic acids is 1. The molecule has 4 heterocycles. The van der Waals surface area contributed by atoms with E-state index < -0.39 is 5.41 Å². The fourth-order valence-corrected chi connectivity index (χ4v) is 5.50. The lowest BCUT2D eigenvalue weighted by atomic mass is 9.98. The smallest absolute Gasteiger partial charge is 0.238 e. The molecular formula is C25H32FN7O2. The van der Waals surface area contributed by atoms with Gasteiger partial charge in [0.2, 0.25) is 11.9 Å². The molecule has 1 aromatic carbocycles. The second kappa shape index (κ2) is 9.00. The van der Waals surface area contributed by atoms with E-state index in [1.165, 1.54) is 12.1 Å². The lowest BCUT2D eigenvalue weighted by Gasteiger charge is -2.27.